The van der Waals surface area contributed by atoms with Crippen LogP contribution in [-0.2, 0) is 6.42 Å². The van der Waals surface area contributed by atoms with Gasteiger partial charge in [0, 0.05) is 5.56 Å². The first kappa shape index (κ1) is 11.7. The molecule has 0 amide bonds. The summed E-state index contributed by atoms with van der Waals surface area (Å²) in [5.41, 5.74) is 7.21. The average molecular weight is 207 g/mol. The molecule has 0 atom stereocenters. The number of carbonyl (C=O) groups excluding carboxylic acids is 1. The van der Waals surface area contributed by atoms with Crippen molar-refractivity contribution in [3.63, 3.8) is 0 Å². The molecule has 0 radical (unpaired) electrons. The normalized spacial score (nSPS) is 10.0. The second-order valence-electron chi connectivity index (χ2n) is 3.43. The quantitative estimate of drug-likeness (QED) is 0.571. The number of benzene rings is 1. The van der Waals surface area contributed by atoms with E-state index in [2.05, 4.69) is 0 Å². The largest absolute Gasteiger partial charge is 0.497 e. The number of unbranched alkanes of at least 4 members (excludes halogenated alkanes) is 1. The van der Waals surface area contributed by atoms with Gasteiger partial charge < -0.3 is 10.5 Å². The molecule has 0 aliphatic heterocycles. The molecule has 0 heterocycles. The first-order chi connectivity index (χ1) is 7.31. The third-order valence-electron chi connectivity index (χ3n) is 2.38. The maximum absolute atomic E-state index is 10.8. The van der Waals surface area contributed by atoms with Crippen molar-refractivity contribution in [2.75, 3.05) is 13.7 Å². The van der Waals surface area contributed by atoms with Crippen LogP contribution in [0.25, 0.3) is 0 Å². The summed E-state index contributed by atoms with van der Waals surface area (Å²) in [4.78, 5) is 10.8. The molecular weight excluding hydrogens is 190 g/mol. The van der Waals surface area contributed by atoms with Crippen molar-refractivity contribution in [1.29, 1.82) is 0 Å². The van der Waals surface area contributed by atoms with Crippen molar-refractivity contribution in [3.05, 3.63) is 29.3 Å². The topological polar surface area (TPSA) is 52.3 Å². The van der Waals surface area contributed by atoms with E-state index in [0.29, 0.717) is 6.54 Å². The fraction of sp³-hybridized carbons (Fsp3) is 0.417. The monoisotopic (exact) mass is 207 g/mol. The summed E-state index contributed by atoms with van der Waals surface area (Å²) in [6.07, 6.45) is 3.75. The molecule has 82 valence electrons. The number of carbonyl (C=O) groups is 1. The smallest absolute Gasteiger partial charge is 0.150 e. The van der Waals surface area contributed by atoms with Crippen LogP contribution in [0, 0.1) is 0 Å². The van der Waals surface area contributed by atoms with Crippen molar-refractivity contribution >= 4 is 6.29 Å². The van der Waals surface area contributed by atoms with Crippen molar-refractivity contribution in [2.45, 2.75) is 19.3 Å². The van der Waals surface area contributed by atoms with Crippen molar-refractivity contribution in [2.24, 2.45) is 5.73 Å². The predicted molar refractivity (Wildman–Crippen MR) is 60.4 cm³/mol. The first-order valence-corrected chi connectivity index (χ1v) is 5.14. The van der Waals surface area contributed by atoms with Gasteiger partial charge in [-0.1, -0.05) is 0 Å². The summed E-state index contributed by atoms with van der Waals surface area (Å²) < 4.78 is 5.12. The highest BCUT2D eigenvalue weighted by molar-refractivity contribution is 5.77. The Morgan fingerprint density at radius 1 is 1.40 bits per heavy atom. The molecule has 0 unspecified atom stereocenters. The SMILES string of the molecule is COc1ccc(C=O)c(CCCCN)c1. The van der Waals surface area contributed by atoms with Crippen LogP contribution < -0.4 is 10.5 Å². The zero-order valence-electron chi connectivity index (χ0n) is 9.03. The lowest BCUT2D eigenvalue weighted by molar-refractivity contribution is 0.112. The van der Waals surface area contributed by atoms with Gasteiger partial charge in [0.1, 0.15) is 12.0 Å². The van der Waals surface area contributed by atoms with Gasteiger partial charge in [0.15, 0.2) is 0 Å². The van der Waals surface area contributed by atoms with E-state index in [1.165, 1.54) is 0 Å². The van der Waals surface area contributed by atoms with Crippen molar-refractivity contribution in [1.82, 2.24) is 0 Å². The molecule has 0 aromatic heterocycles. The molecule has 1 aromatic rings. The lowest BCUT2D eigenvalue weighted by Gasteiger charge is -2.07. The highest BCUT2D eigenvalue weighted by atomic mass is 16.5. The van der Waals surface area contributed by atoms with E-state index in [-0.39, 0.29) is 0 Å². The summed E-state index contributed by atoms with van der Waals surface area (Å²) >= 11 is 0. The maximum Gasteiger partial charge on any atom is 0.150 e. The Bertz CT molecular complexity index is 323. The molecule has 0 fully saturated rings. The molecule has 0 aliphatic carbocycles. The Morgan fingerprint density at radius 2 is 2.20 bits per heavy atom. The van der Waals surface area contributed by atoms with Crippen LogP contribution in [0.4, 0.5) is 0 Å². The summed E-state index contributed by atoms with van der Waals surface area (Å²) in [6.45, 7) is 0.695. The van der Waals surface area contributed by atoms with Crippen LogP contribution >= 0.6 is 0 Å². The van der Waals surface area contributed by atoms with E-state index in [9.17, 15) is 4.79 Å². The van der Waals surface area contributed by atoms with Gasteiger partial charge >= 0.3 is 0 Å². The Labute approximate surface area is 90.2 Å². The van der Waals surface area contributed by atoms with Crippen LogP contribution in [0.1, 0.15) is 28.8 Å². The standard InChI is InChI=1S/C12H17NO2/c1-15-12-6-5-11(9-14)10(8-12)4-2-3-7-13/h5-6,8-9H,2-4,7,13H2,1H3. The number of hydrogen-bond donors (Lipinski definition) is 1. The number of hydrogen-bond acceptors (Lipinski definition) is 3. The number of methoxy groups -OCH3 is 1. The minimum Gasteiger partial charge on any atom is -0.497 e. The Hall–Kier alpha value is -1.35. The van der Waals surface area contributed by atoms with Crippen LogP contribution in [-0.4, -0.2) is 19.9 Å². The van der Waals surface area contributed by atoms with Crippen molar-refractivity contribution in [3.8, 4) is 5.75 Å². The molecule has 3 heteroatoms. The molecule has 0 spiro atoms. The van der Waals surface area contributed by atoms with Crippen LogP contribution in [0.5, 0.6) is 5.75 Å². The zero-order valence-corrected chi connectivity index (χ0v) is 9.03. The molecule has 1 aromatic carbocycles. The van der Waals surface area contributed by atoms with Crippen LogP contribution in [0.2, 0.25) is 0 Å². The number of nitrogens with two attached hydrogens (primary N) is 1. The summed E-state index contributed by atoms with van der Waals surface area (Å²) in [5.74, 6) is 0.795. The lowest BCUT2D eigenvalue weighted by atomic mass is 10.0. The van der Waals surface area contributed by atoms with Gasteiger partial charge in [0.05, 0.1) is 7.11 Å². The summed E-state index contributed by atoms with van der Waals surface area (Å²) in [5, 5.41) is 0. The fourth-order valence-electron chi connectivity index (χ4n) is 1.50. The number of aldehydes is 1. The molecule has 0 aliphatic rings. The van der Waals surface area contributed by atoms with Gasteiger partial charge in [0.2, 0.25) is 0 Å². The maximum atomic E-state index is 10.8. The van der Waals surface area contributed by atoms with Gasteiger partial charge in [-0.15, -0.1) is 0 Å². The highest BCUT2D eigenvalue weighted by Crippen LogP contribution is 2.18. The first-order valence-electron chi connectivity index (χ1n) is 5.14. The van der Waals surface area contributed by atoms with Crippen LogP contribution in [0.3, 0.4) is 0 Å². The second kappa shape index (κ2) is 6.19. The molecule has 1 rings (SSSR count). The molecular formula is C12H17NO2. The van der Waals surface area contributed by atoms with E-state index in [1.54, 1.807) is 19.2 Å². The molecule has 0 saturated carbocycles. The van der Waals surface area contributed by atoms with Gasteiger partial charge in [-0.25, -0.2) is 0 Å². The molecule has 0 saturated heterocycles. The number of ether oxygens (including phenoxy) is 1. The Kier molecular flexibility index (Phi) is 4.84. The minimum atomic E-state index is 0.695. The molecule has 15 heavy (non-hydrogen) atoms. The highest BCUT2D eigenvalue weighted by Gasteiger charge is 2.03. The van der Waals surface area contributed by atoms with Crippen molar-refractivity contribution < 1.29 is 9.53 Å². The van der Waals surface area contributed by atoms with E-state index >= 15 is 0 Å². The molecule has 3 nitrogen and oxygen atoms in total. The van der Waals surface area contributed by atoms with Gasteiger partial charge in [-0.05, 0) is 49.6 Å². The summed E-state index contributed by atoms with van der Waals surface area (Å²) in [6, 6.07) is 5.51. The van der Waals surface area contributed by atoms with E-state index in [4.69, 9.17) is 10.5 Å². The Morgan fingerprint density at radius 3 is 2.80 bits per heavy atom. The van der Waals surface area contributed by atoms with E-state index in [0.717, 1.165) is 42.4 Å². The third-order valence-corrected chi connectivity index (χ3v) is 2.38. The molecule has 2 N–H and O–H groups in total. The number of rotatable bonds is 6. The number of aryl methyl sites for hydroxylation is 1. The zero-order chi connectivity index (χ0) is 11.1. The van der Waals surface area contributed by atoms with Gasteiger partial charge in [-0.3, -0.25) is 4.79 Å². The average Bonchev–Trinajstić information content (AvgIpc) is 2.29. The lowest BCUT2D eigenvalue weighted by Crippen LogP contribution is -2.00. The van der Waals surface area contributed by atoms with E-state index < -0.39 is 0 Å². The molecule has 0 bridgehead atoms. The summed E-state index contributed by atoms with van der Waals surface area (Å²) in [7, 11) is 1.62. The van der Waals surface area contributed by atoms with Crippen LogP contribution in [0.15, 0.2) is 18.2 Å². The minimum absolute atomic E-state index is 0.695. The van der Waals surface area contributed by atoms with Gasteiger partial charge in [-0.2, -0.15) is 0 Å². The Balaban J connectivity index is 2.76. The van der Waals surface area contributed by atoms with E-state index in [1.807, 2.05) is 6.07 Å². The fourth-order valence-corrected chi connectivity index (χ4v) is 1.50. The van der Waals surface area contributed by atoms with Gasteiger partial charge in [0.25, 0.3) is 0 Å². The third kappa shape index (κ3) is 3.36. The second-order valence-corrected chi connectivity index (χ2v) is 3.43. The predicted octanol–water partition coefficient (Wildman–Crippen LogP) is 1.79.